The standard InChI is InChI=1S/C9H15NO2/c11-7-12-8-5-9(6-8)1-3-10-4-2-9/h7-8,10H,1-6H2. The van der Waals surface area contributed by atoms with Crippen LogP contribution in [0.25, 0.3) is 0 Å². The quantitative estimate of drug-likeness (QED) is 0.618. The molecule has 2 fully saturated rings. The van der Waals surface area contributed by atoms with Gasteiger partial charge in [-0.15, -0.1) is 0 Å². The Hall–Kier alpha value is -0.570. The van der Waals surface area contributed by atoms with E-state index in [-0.39, 0.29) is 6.10 Å². The molecule has 0 radical (unpaired) electrons. The maximum absolute atomic E-state index is 10.0. The van der Waals surface area contributed by atoms with E-state index in [0.717, 1.165) is 25.9 Å². The zero-order valence-electron chi connectivity index (χ0n) is 7.21. The number of piperidine rings is 1. The van der Waals surface area contributed by atoms with Gasteiger partial charge in [-0.05, 0) is 44.2 Å². The number of hydrogen-bond acceptors (Lipinski definition) is 3. The third kappa shape index (κ3) is 1.33. The number of carbonyl (C=O) groups excluding carboxylic acids is 1. The summed E-state index contributed by atoms with van der Waals surface area (Å²) in [5.41, 5.74) is 0.527. The highest BCUT2D eigenvalue weighted by atomic mass is 16.5. The van der Waals surface area contributed by atoms with Crippen molar-refractivity contribution in [2.45, 2.75) is 31.8 Å². The average Bonchev–Trinajstić information content (AvgIpc) is 2.04. The Bertz CT molecular complexity index is 167. The fourth-order valence-electron chi connectivity index (χ4n) is 2.45. The predicted octanol–water partition coefficient (Wildman–Crippen LogP) is 0.692. The molecule has 0 amide bonds. The number of rotatable bonds is 2. The van der Waals surface area contributed by atoms with E-state index < -0.39 is 0 Å². The molecule has 68 valence electrons. The first-order valence-electron chi connectivity index (χ1n) is 4.64. The zero-order valence-corrected chi connectivity index (χ0v) is 7.21. The number of nitrogens with one attached hydrogen (secondary N) is 1. The summed E-state index contributed by atoms with van der Waals surface area (Å²) in [5.74, 6) is 0. The summed E-state index contributed by atoms with van der Waals surface area (Å²) < 4.78 is 4.90. The maximum Gasteiger partial charge on any atom is 0.293 e. The molecule has 2 aliphatic rings. The minimum Gasteiger partial charge on any atom is -0.465 e. The lowest BCUT2D eigenvalue weighted by molar-refractivity contribution is -0.147. The normalized spacial score (nSPS) is 28.0. The van der Waals surface area contributed by atoms with Gasteiger partial charge in [-0.25, -0.2) is 0 Å². The molecular weight excluding hydrogens is 154 g/mol. The molecule has 1 heterocycles. The Morgan fingerprint density at radius 1 is 1.33 bits per heavy atom. The van der Waals surface area contributed by atoms with E-state index in [1.807, 2.05) is 0 Å². The van der Waals surface area contributed by atoms with Crippen molar-refractivity contribution >= 4 is 6.47 Å². The van der Waals surface area contributed by atoms with Gasteiger partial charge >= 0.3 is 0 Å². The summed E-state index contributed by atoms with van der Waals surface area (Å²) in [6, 6.07) is 0. The summed E-state index contributed by atoms with van der Waals surface area (Å²) >= 11 is 0. The van der Waals surface area contributed by atoms with E-state index in [4.69, 9.17) is 4.74 Å². The van der Waals surface area contributed by atoms with Gasteiger partial charge in [0, 0.05) is 0 Å². The highest BCUT2D eigenvalue weighted by Crippen LogP contribution is 2.48. The van der Waals surface area contributed by atoms with Crippen molar-refractivity contribution in [3.63, 3.8) is 0 Å². The van der Waals surface area contributed by atoms with Crippen LogP contribution >= 0.6 is 0 Å². The first-order valence-corrected chi connectivity index (χ1v) is 4.64. The first kappa shape index (κ1) is 8.05. The van der Waals surface area contributed by atoms with Crippen LogP contribution < -0.4 is 5.32 Å². The molecule has 0 unspecified atom stereocenters. The molecule has 1 N–H and O–H groups in total. The van der Waals surface area contributed by atoms with E-state index in [0.29, 0.717) is 11.9 Å². The van der Waals surface area contributed by atoms with E-state index in [2.05, 4.69) is 5.32 Å². The molecule has 0 bridgehead atoms. The molecular formula is C9H15NO2. The maximum atomic E-state index is 10.0. The molecule has 1 aliphatic heterocycles. The highest BCUT2D eigenvalue weighted by Gasteiger charge is 2.45. The smallest absolute Gasteiger partial charge is 0.293 e. The van der Waals surface area contributed by atoms with E-state index in [9.17, 15) is 4.79 Å². The van der Waals surface area contributed by atoms with Gasteiger partial charge < -0.3 is 10.1 Å². The molecule has 3 nitrogen and oxygen atoms in total. The fourth-order valence-corrected chi connectivity index (χ4v) is 2.45. The van der Waals surface area contributed by atoms with Gasteiger partial charge in [-0.1, -0.05) is 0 Å². The van der Waals surface area contributed by atoms with E-state index in [1.165, 1.54) is 12.8 Å². The van der Waals surface area contributed by atoms with Gasteiger partial charge in [0.1, 0.15) is 6.10 Å². The number of carbonyl (C=O) groups is 1. The predicted molar refractivity (Wildman–Crippen MR) is 44.7 cm³/mol. The van der Waals surface area contributed by atoms with Gasteiger partial charge in [0.05, 0.1) is 0 Å². The third-order valence-corrected chi connectivity index (χ3v) is 3.23. The Morgan fingerprint density at radius 3 is 2.58 bits per heavy atom. The van der Waals surface area contributed by atoms with Crippen LogP contribution in [-0.4, -0.2) is 25.7 Å². The van der Waals surface area contributed by atoms with Crippen molar-refractivity contribution in [1.82, 2.24) is 5.32 Å². The lowest BCUT2D eigenvalue weighted by atomic mass is 9.62. The molecule has 1 saturated heterocycles. The second kappa shape index (κ2) is 3.05. The SMILES string of the molecule is O=COC1CC2(CCNCC2)C1. The van der Waals surface area contributed by atoms with Crippen molar-refractivity contribution in [2.75, 3.05) is 13.1 Å². The summed E-state index contributed by atoms with van der Waals surface area (Å²) in [7, 11) is 0. The highest BCUT2D eigenvalue weighted by molar-refractivity contribution is 5.37. The zero-order chi connectivity index (χ0) is 8.44. The summed E-state index contributed by atoms with van der Waals surface area (Å²) in [6.45, 7) is 2.85. The van der Waals surface area contributed by atoms with Crippen LogP contribution in [0.5, 0.6) is 0 Å². The Kier molecular flexibility index (Phi) is 2.05. The van der Waals surface area contributed by atoms with Gasteiger partial charge in [0.15, 0.2) is 0 Å². The first-order chi connectivity index (χ1) is 5.85. The molecule has 0 aromatic heterocycles. The average molecular weight is 169 g/mol. The third-order valence-electron chi connectivity index (χ3n) is 3.23. The Morgan fingerprint density at radius 2 is 2.00 bits per heavy atom. The van der Waals surface area contributed by atoms with Gasteiger partial charge in [-0.2, -0.15) is 0 Å². The van der Waals surface area contributed by atoms with Gasteiger partial charge in [-0.3, -0.25) is 4.79 Å². The molecule has 2 rings (SSSR count). The number of ether oxygens (including phenoxy) is 1. The Labute approximate surface area is 72.5 Å². The second-order valence-corrected chi connectivity index (χ2v) is 4.01. The van der Waals surface area contributed by atoms with Crippen LogP contribution in [0.3, 0.4) is 0 Å². The van der Waals surface area contributed by atoms with Crippen molar-refractivity contribution in [3.8, 4) is 0 Å². The molecule has 1 spiro atoms. The Balaban J connectivity index is 1.80. The summed E-state index contributed by atoms with van der Waals surface area (Å²) in [6.07, 6.45) is 4.92. The molecule has 0 aromatic carbocycles. The number of hydrogen-bond donors (Lipinski definition) is 1. The van der Waals surface area contributed by atoms with E-state index in [1.54, 1.807) is 0 Å². The molecule has 1 saturated carbocycles. The molecule has 12 heavy (non-hydrogen) atoms. The summed E-state index contributed by atoms with van der Waals surface area (Å²) in [4.78, 5) is 10.0. The van der Waals surface area contributed by atoms with Crippen molar-refractivity contribution in [1.29, 1.82) is 0 Å². The van der Waals surface area contributed by atoms with Crippen LogP contribution in [0.15, 0.2) is 0 Å². The topological polar surface area (TPSA) is 38.3 Å². The minimum absolute atomic E-state index is 0.223. The van der Waals surface area contributed by atoms with Crippen LogP contribution in [0.2, 0.25) is 0 Å². The van der Waals surface area contributed by atoms with Crippen LogP contribution in [0, 0.1) is 5.41 Å². The fraction of sp³-hybridized carbons (Fsp3) is 0.889. The summed E-state index contributed by atoms with van der Waals surface area (Å²) in [5, 5.41) is 3.34. The van der Waals surface area contributed by atoms with Crippen LogP contribution in [0.4, 0.5) is 0 Å². The molecule has 3 heteroatoms. The van der Waals surface area contributed by atoms with Crippen LogP contribution in [0.1, 0.15) is 25.7 Å². The lowest BCUT2D eigenvalue weighted by Gasteiger charge is -2.49. The van der Waals surface area contributed by atoms with Crippen LogP contribution in [-0.2, 0) is 9.53 Å². The molecule has 1 aliphatic carbocycles. The lowest BCUT2D eigenvalue weighted by Crippen LogP contribution is -2.48. The monoisotopic (exact) mass is 169 g/mol. The second-order valence-electron chi connectivity index (χ2n) is 4.01. The molecule has 0 aromatic rings. The van der Waals surface area contributed by atoms with Gasteiger partial charge in [0.25, 0.3) is 6.47 Å². The van der Waals surface area contributed by atoms with Crippen molar-refractivity contribution in [2.24, 2.45) is 5.41 Å². The van der Waals surface area contributed by atoms with Crippen molar-refractivity contribution < 1.29 is 9.53 Å². The van der Waals surface area contributed by atoms with Crippen molar-refractivity contribution in [3.05, 3.63) is 0 Å². The molecule has 0 atom stereocenters. The van der Waals surface area contributed by atoms with Gasteiger partial charge in [0.2, 0.25) is 0 Å². The minimum atomic E-state index is 0.223. The largest absolute Gasteiger partial charge is 0.465 e. The van der Waals surface area contributed by atoms with E-state index >= 15 is 0 Å².